The Morgan fingerprint density at radius 3 is 2.76 bits per heavy atom. The van der Waals surface area contributed by atoms with Gasteiger partial charge in [-0.05, 0) is 31.6 Å². The van der Waals surface area contributed by atoms with Gasteiger partial charge < -0.3 is 5.32 Å². The molecule has 0 aliphatic heterocycles. The second kappa shape index (κ2) is 4.87. The molecular formula is C12H21N5. The van der Waals surface area contributed by atoms with Crippen molar-refractivity contribution in [1.82, 2.24) is 9.97 Å². The molecular weight excluding hydrogens is 214 g/mol. The summed E-state index contributed by atoms with van der Waals surface area (Å²) >= 11 is 0. The van der Waals surface area contributed by atoms with Crippen LogP contribution in [0, 0.1) is 12.3 Å². The molecule has 0 saturated heterocycles. The van der Waals surface area contributed by atoms with Crippen LogP contribution in [0.2, 0.25) is 0 Å². The van der Waals surface area contributed by atoms with Gasteiger partial charge in [0.2, 0.25) is 5.95 Å². The van der Waals surface area contributed by atoms with E-state index < -0.39 is 0 Å². The van der Waals surface area contributed by atoms with E-state index in [1.165, 1.54) is 25.7 Å². The molecule has 2 rings (SSSR count). The zero-order chi connectivity index (χ0) is 12.3. The molecule has 1 aliphatic carbocycles. The zero-order valence-electron chi connectivity index (χ0n) is 10.6. The second-order valence-corrected chi connectivity index (χ2v) is 4.93. The number of nitrogen functional groups attached to an aromatic ring is 1. The van der Waals surface area contributed by atoms with Crippen LogP contribution in [-0.2, 0) is 0 Å². The molecule has 1 heterocycles. The van der Waals surface area contributed by atoms with Gasteiger partial charge in [-0.1, -0.05) is 13.3 Å². The minimum Gasteiger partial charge on any atom is -0.369 e. The molecule has 0 radical (unpaired) electrons. The molecule has 0 bridgehead atoms. The van der Waals surface area contributed by atoms with Crippen LogP contribution in [0.4, 0.5) is 11.8 Å². The predicted molar refractivity (Wildman–Crippen MR) is 69.6 cm³/mol. The molecule has 17 heavy (non-hydrogen) atoms. The lowest BCUT2D eigenvalue weighted by molar-refractivity contribution is 0.145. The fourth-order valence-electron chi connectivity index (χ4n) is 2.29. The number of nitrogens with one attached hydrogen (secondary N) is 2. The SMILES string of the molecule is CCC1(CNc2nc(NN)ncc2C)CCC1. The van der Waals surface area contributed by atoms with Crippen molar-refractivity contribution in [2.24, 2.45) is 11.3 Å². The van der Waals surface area contributed by atoms with Gasteiger partial charge in [0, 0.05) is 18.3 Å². The first-order valence-corrected chi connectivity index (χ1v) is 6.23. The van der Waals surface area contributed by atoms with Gasteiger partial charge >= 0.3 is 0 Å². The summed E-state index contributed by atoms with van der Waals surface area (Å²) in [6, 6.07) is 0. The fourth-order valence-corrected chi connectivity index (χ4v) is 2.29. The highest BCUT2D eigenvalue weighted by Gasteiger charge is 2.34. The Bertz CT molecular complexity index is 381. The molecule has 94 valence electrons. The largest absolute Gasteiger partial charge is 0.369 e. The Kier molecular flexibility index (Phi) is 3.47. The molecule has 5 heteroatoms. The van der Waals surface area contributed by atoms with Gasteiger partial charge in [-0.25, -0.2) is 10.8 Å². The molecule has 0 amide bonds. The summed E-state index contributed by atoms with van der Waals surface area (Å²) < 4.78 is 0. The molecule has 0 atom stereocenters. The first-order valence-electron chi connectivity index (χ1n) is 6.23. The quantitative estimate of drug-likeness (QED) is 0.538. The number of hydrazine groups is 1. The average molecular weight is 235 g/mol. The minimum absolute atomic E-state index is 0.456. The molecule has 1 aromatic heterocycles. The van der Waals surface area contributed by atoms with Crippen molar-refractivity contribution >= 4 is 11.8 Å². The highest BCUT2D eigenvalue weighted by Crippen LogP contribution is 2.43. The van der Waals surface area contributed by atoms with Crippen molar-refractivity contribution in [3.8, 4) is 0 Å². The van der Waals surface area contributed by atoms with Crippen molar-refractivity contribution in [1.29, 1.82) is 0 Å². The van der Waals surface area contributed by atoms with Gasteiger partial charge in [-0.3, -0.25) is 5.43 Å². The molecule has 0 unspecified atom stereocenters. The summed E-state index contributed by atoms with van der Waals surface area (Å²) in [6.45, 7) is 5.26. The van der Waals surface area contributed by atoms with Crippen LogP contribution < -0.4 is 16.6 Å². The monoisotopic (exact) mass is 235 g/mol. The second-order valence-electron chi connectivity index (χ2n) is 4.93. The maximum atomic E-state index is 5.31. The fraction of sp³-hybridized carbons (Fsp3) is 0.667. The summed E-state index contributed by atoms with van der Waals surface area (Å²) in [5.41, 5.74) is 4.00. The highest BCUT2D eigenvalue weighted by atomic mass is 15.3. The third kappa shape index (κ3) is 2.49. The normalized spacial score (nSPS) is 17.4. The number of hydrogen-bond donors (Lipinski definition) is 3. The first-order chi connectivity index (χ1) is 8.19. The summed E-state index contributed by atoms with van der Waals surface area (Å²) in [7, 11) is 0. The van der Waals surface area contributed by atoms with Gasteiger partial charge in [0.05, 0.1) is 0 Å². The van der Waals surface area contributed by atoms with Crippen molar-refractivity contribution in [2.45, 2.75) is 39.5 Å². The molecule has 4 N–H and O–H groups in total. The van der Waals surface area contributed by atoms with Crippen molar-refractivity contribution in [3.05, 3.63) is 11.8 Å². The number of anilines is 2. The Morgan fingerprint density at radius 1 is 1.47 bits per heavy atom. The number of aromatic nitrogens is 2. The molecule has 1 fully saturated rings. The van der Waals surface area contributed by atoms with Crippen LogP contribution >= 0.6 is 0 Å². The summed E-state index contributed by atoms with van der Waals surface area (Å²) in [5.74, 6) is 6.65. The standard InChI is InChI=1S/C12H21N5/c1-3-12(5-4-6-12)8-15-10-9(2)7-14-11(16-10)17-13/h7H,3-6,8,13H2,1-2H3,(H2,14,15,16,17). The van der Waals surface area contributed by atoms with Crippen LogP contribution in [0.25, 0.3) is 0 Å². The van der Waals surface area contributed by atoms with Crippen LogP contribution in [0.3, 0.4) is 0 Å². The van der Waals surface area contributed by atoms with E-state index in [4.69, 9.17) is 5.84 Å². The van der Waals surface area contributed by atoms with E-state index in [-0.39, 0.29) is 0 Å². The van der Waals surface area contributed by atoms with Crippen LogP contribution in [0.5, 0.6) is 0 Å². The lowest BCUT2D eigenvalue weighted by atomic mass is 9.67. The van der Waals surface area contributed by atoms with E-state index in [2.05, 4.69) is 27.6 Å². The lowest BCUT2D eigenvalue weighted by Gasteiger charge is -2.41. The number of nitrogens with zero attached hydrogens (tertiary/aromatic N) is 2. The maximum Gasteiger partial charge on any atom is 0.239 e. The number of nitrogens with two attached hydrogens (primary N) is 1. The van der Waals surface area contributed by atoms with Crippen LogP contribution in [0.15, 0.2) is 6.20 Å². The van der Waals surface area contributed by atoms with Crippen molar-refractivity contribution in [3.63, 3.8) is 0 Å². The van der Waals surface area contributed by atoms with E-state index in [9.17, 15) is 0 Å². The molecule has 1 saturated carbocycles. The Morgan fingerprint density at radius 2 is 2.24 bits per heavy atom. The summed E-state index contributed by atoms with van der Waals surface area (Å²) in [6.07, 6.45) is 7.01. The predicted octanol–water partition coefficient (Wildman–Crippen LogP) is 2.06. The topological polar surface area (TPSA) is 75.9 Å². The Hall–Kier alpha value is -1.36. The van der Waals surface area contributed by atoms with Gasteiger partial charge in [0.1, 0.15) is 5.82 Å². The molecule has 0 spiro atoms. The van der Waals surface area contributed by atoms with E-state index in [0.29, 0.717) is 11.4 Å². The van der Waals surface area contributed by atoms with E-state index in [1.54, 1.807) is 6.20 Å². The minimum atomic E-state index is 0.456. The number of rotatable bonds is 5. The first kappa shape index (κ1) is 12.1. The Balaban J connectivity index is 2.02. The molecule has 0 aromatic carbocycles. The van der Waals surface area contributed by atoms with Crippen molar-refractivity contribution < 1.29 is 0 Å². The Labute approximate surface area is 102 Å². The maximum absolute atomic E-state index is 5.31. The molecule has 1 aromatic rings. The van der Waals surface area contributed by atoms with Gasteiger partial charge in [-0.15, -0.1) is 0 Å². The summed E-state index contributed by atoms with van der Waals surface area (Å²) in [5, 5.41) is 3.43. The third-order valence-corrected chi connectivity index (χ3v) is 3.90. The number of hydrogen-bond acceptors (Lipinski definition) is 5. The van der Waals surface area contributed by atoms with E-state index in [0.717, 1.165) is 17.9 Å². The van der Waals surface area contributed by atoms with Gasteiger partial charge in [0.15, 0.2) is 0 Å². The highest BCUT2D eigenvalue weighted by molar-refractivity contribution is 5.46. The zero-order valence-corrected chi connectivity index (χ0v) is 10.6. The molecule has 5 nitrogen and oxygen atoms in total. The van der Waals surface area contributed by atoms with Crippen molar-refractivity contribution in [2.75, 3.05) is 17.3 Å². The van der Waals surface area contributed by atoms with E-state index >= 15 is 0 Å². The van der Waals surface area contributed by atoms with Gasteiger partial charge in [0.25, 0.3) is 0 Å². The molecule has 1 aliphatic rings. The lowest BCUT2D eigenvalue weighted by Crippen LogP contribution is -2.36. The third-order valence-electron chi connectivity index (χ3n) is 3.90. The average Bonchev–Trinajstić information content (AvgIpc) is 2.30. The number of aryl methyl sites for hydroxylation is 1. The van der Waals surface area contributed by atoms with E-state index in [1.807, 2.05) is 6.92 Å². The smallest absolute Gasteiger partial charge is 0.239 e. The summed E-state index contributed by atoms with van der Waals surface area (Å²) in [4.78, 5) is 8.40. The van der Waals surface area contributed by atoms with Crippen LogP contribution in [0.1, 0.15) is 38.2 Å². The van der Waals surface area contributed by atoms with Gasteiger partial charge in [-0.2, -0.15) is 4.98 Å². The van der Waals surface area contributed by atoms with Crippen LogP contribution in [-0.4, -0.2) is 16.5 Å².